The van der Waals surface area contributed by atoms with Gasteiger partial charge in [-0.25, -0.2) is 0 Å². The lowest BCUT2D eigenvalue weighted by Gasteiger charge is -2.20. The van der Waals surface area contributed by atoms with Crippen LogP contribution in [0.2, 0.25) is 0 Å². The van der Waals surface area contributed by atoms with Gasteiger partial charge in [-0.2, -0.15) is 0 Å². The maximum Gasteiger partial charge on any atom is 0.231 e. The Hall–Kier alpha value is -1.42. The number of rotatable bonds is 3. The maximum atomic E-state index is 5.38. The summed E-state index contributed by atoms with van der Waals surface area (Å²) in [7, 11) is 1.64. The van der Waals surface area contributed by atoms with Gasteiger partial charge >= 0.3 is 0 Å². The van der Waals surface area contributed by atoms with E-state index in [4.69, 9.17) is 14.2 Å². The molecule has 0 bridgehead atoms. The molecule has 0 atom stereocenters. The molecule has 0 radical (unpaired) electrons. The Bertz CT molecular complexity index is 410. The van der Waals surface area contributed by atoms with E-state index in [1.165, 1.54) is 0 Å². The van der Waals surface area contributed by atoms with Gasteiger partial charge < -0.3 is 19.5 Å². The Balaban J connectivity index is 2.19. The molecule has 0 amide bonds. The van der Waals surface area contributed by atoms with Gasteiger partial charge in [-0.05, 0) is 38.5 Å². The summed E-state index contributed by atoms with van der Waals surface area (Å²) in [5, 5.41) is 3.43. The lowest BCUT2D eigenvalue weighted by Crippen LogP contribution is -2.35. The van der Waals surface area contributed by atoms with Crippen LogP contribution in [-0.2, 0) is 6.54 Å². The van der Waals surface area contributed by atoms with Gasteiger partial charge in [0.05, 0.1) is 7.11 Å². The zero-order valence-corrected chi connectivity index (χ0v) is 10.8. The summed E-state index contributed by atoms with van der Waals surface area (Å²) >= 11 is 0. The van der Waals surface area contributed by atoms with Crippen molar-refractivity contribution in [2.75, 3.05) is 13.9 Å². The van der Waals surface area contributed by atoms with Gasteiger partial charge in [0.1, 0.15) is 0 Å². The first-order valence-corrected chi connectivity index (χ1v) is 5.71. The molecule has 1 aromatic rings. The molecule has 2 rings (SSSR count). The summed E-state index contributed by atoms with van der Waals surface area (Å²) in [5.41, 5.74) is 1.21. The van der Waals surface area contributed by atoms with Crippen molar-refractivity contribution in [1.82, 2.24) is 5.32 Å². The molecular formula is C13H19NO3. The number of benzene rings is 1. The van der Waals surface area contributed by atoms with Crippen molar-refractivity contribution in [3.8, 4) is 17.2 Å². The number of hydrogen-bond acceptors (Lipinski definition) is 4. The molecule has 4 heteroatoms. The molecule has 0 saturated heterocycles. The highest BCUT2D eigenvalue weighted by atomic mass is 16.7. The zero-order chi connectivity index (χ0) is 12.5. The molecule has 1 aliphatic heterocycles. The minimum absolute atomic E-state index is 0.0869. The fourth-order valence-electron chi connectivity index (χ4n) is 1.65. The highest BCUT2D eigenvalue weighted by molar-refractivity contribution is 5.55. The van der Waals surface area contributed by atoms with Crippen LogP contribution in [0.25, 0.3) is 0 Å². The van der Waals surface area contributed by atoms with Crippen LogP contribution in [0.4, 0.5) is 0 Å². The third kappa shape index (κ3) is 2.82. The van der Waals surface area contributed by atoms with Crippen molar-refractivity contribution in [2.24, 2.45) is 0 Å². The van der Waals surface area contributed by atoms with E-state index in [0.29, 0.717) is 5.75 Å². The summed E-state index contributed by atoms with van der Waals surface area (Å²) < 4.78 is 16.0. The van der Waals surface area contributed by atoms with Gasteiger partial charge in [0.15, 0.2) is 11.5 Å². The maximum absolute atomic E-state index is 5.38. The van der Waals surface area contributed by atoms with Gasteiger partial charge in [-0.15, -0.1) is 0 Å². The van der Waals surface area contributed by atoms with Gasteiger partial charge in [0.2, 0.25) is 12.5 Å². The van der Waals surface area contributed by atoms with Crippen LogP contribution in [0.1, 0.15) is 26.3 Å². The van der Waals surface area contributed by atoms with Crippen LogP contribution in [0.15, 0.2) is 12.1 Å². The summed E-state index contributed by atoms with van der Waals surface area (Å²) in [6, 6.07) is 3.97. The predicted molar refractivity (Wildman–Crippen MR) is 65.7 cm³/mol. The smallest absolute Gasteiger partial charge is 0.231 e. The Morgan fingerprint density at radius 1 is 1.29 bits per heavy atom. The first kappa shape index (κ1) is 12.0. The number of nitrogens with one attached hydrogen (secondary N) is 1. The largest absolute Gasteiger partial charge is 0.493 e. The van der Waals surface area contributed by atoms with Crippen molar-refractivity contribution in [3.63, 3.8) is 0 Å². The quantitative estimate of drug-likeness (QED) is 0.875. The minimum Gasteiger partial charge on any atom is -0.493 e. The van der Waals surface area contributed by atoms with Crippen LogP contribution < -0.4 is 19.5 Å². The zero-order valence-electron chi connectivity index (χ0n) is 10.8. The molecule has 17 heavy (non-hydrogen) atoms. The van der Waals surface area contributed by atoms with Crippen LogP contribution in [0.3, 0.4) is 0 Å². The third-order valence-electron chi connectivity index (χ3n) is 2.54. The van der Waals surface area contributed by atoms with E-state index in [1.54, 1.807) is 7.11 Å². The topological polar surface area (TPSA) is 39.7 Å². The standard InChI is InChI=1S/C13H19NO3/c1-13(2,3)14-7-9-5-10(15-4)12-11(6-9)16-8-17-12/h5-6,14H,7-8H2,1-4H3. The molecule has 1 N–H and O–H groups in total. The van der Waals surface area contributed by atoms with E-state index in [2.05, 4.69) is 26.1 Å². The number of fused-ring (bicyclic) bond motifs is 1. The molecule has 0 aromatic heterocycles. The second-order valence-corrected chi connectivity index (χ2v) is 5.14. The lowest BCUT2D eigenvalue weighted by atomic mass is 10.1. The SMILES string of the molecule is COc1cc(CNC(C)(C)C)cc2c1OCO2. The number of hydrogen-bond donors (Lipinski definition) is 1. The number of methoxy groups -OCH3 is 1. The summed E-state index contributed by atoms with van der Waals surface area (Å²) in [4.78, 5) is 0. The van der Waals surface area contributed by atoms with E-state index in [0.717, 1.165) is 23.6 Å². The summed E-state index contributed by atoms with van der Waals surface area (Å²) in [6.45, 7) is 7.45. The molecule has 1 heterocycles. The summed E-state index contributed by atoms with van der Waals surface area (Å²) in [6.07, 6.45) is 0. The molecule has 94 valence electrons. The van der Waals surface area contributed by atoms with Crippen LogP contribution in [-0.4, -0.2) is 19.4 Å². The molecule has 0 spiro atoms. The molecule has 0 unspecified atom stereocenters. The number of ether oxygens (including phenoxy) is 3. The normalized spacial score (nSPS) is 13.9. The molecule has 1 aliphatic rings. The monoisotopic (exact) mass is 237 g/mol. The Morgan fingerprint density at radius 3 is 2.71 bits per heavy atom. The summed E-state index contributed by atoms with van der Waals surface area (Å²) in [5.74, 6) is 2.19. The van der Waals surface area contributed by atoms with Gasteiger partial charge in [-0.3, -0.25) is 0 Å². The van der Waals surface area contributed by atoms with E-state index in [9.17, 15) is 0 Å². The van der Waals surface area contributed by atoms with Crippen LogP contribution >= 0.6 is 0 Å². The fourth-order valence-corrected chi connectivity index (χ4v) is 1.65. The Morgan fingerprint density at radius 2 is 2.06 bits per heavy atom. The Labute approximate surface area is 102 Å². The predicted octanol–water partition coefficient (Wildman–Crippen LogP) is 2.31. The highest BCUT2D eigenvalue weighted by Gasteiger charge is 2.20. The van der Waals surface area contributed by atoms with Crippen LogP contribution in [0, 0.1) is 0 Å². The second kappa shape index (κ2) is 4.45. The van der Waals surface area contributed by atoms with Gasteiger partial charge in [0, 0.05) is 12.1 Å². The highest BCUT2D eigenvalue weighted by Crippen LogP contribution is 2.41. The van der Waals surface area contributed by atoms with Crippen molar-refractivity contribution in [1.29, 1.82) is 0 Å². The van der Waals surface area contributed by atoms with Gasteiger partial charge in [-0.1, -0.05) is 0 Å². The van der Waals surface area contributed by atoms with Crippen molar-refractivity contribution >= 4 is 0 Å². The first-order chi connectivity index (χ1) is 7.99. The van der Waals surface area contributed by atoms with Gasteiger partial charge in [0.25, 0.3) is 0 Å². The van der Waals surface area contributed by atoms with E-state index >= 15 is 0 Å². The van der Waals surface area contributed by atoms with Crippen molar-refractivity contribution in [3.05, 3.63) is 17.7 Å². The third-order valence-corrected chi connectivity index (χ3v) is 2.54. The first-order valence-electron chi connectivity index (χ1n) is 5.71. The Kier molecular flexibility index (Phi) is 3.15. The van der Waals surface area contributed by atoms with E-state index in [-0.39, 0.29) is 12.3 Å². The minimum atomic E-state index is 0.0869. The van der Waals surface area contributed by atoms with Crippen molar-refractivity contribution in [2.45, 2.75) is 32.9 Å². The fraction of sp³-hybridized carbons (Fsp3) is 0.538. The second-order valence-electron chi connectivity index (χ2n) is 5.14. The van der Waals surface area contributed by atoms with E-state index in [1.807, 2.05) is 12.1 Å². The average Bonchev–Trinajstić information content (AvgIpc) is 2.72. The van der Waals surface area contributed by atoms with E-state index < -0.39 is 0 Å². The lowest BCUT2D eigenvalue weighted by molar-refractivity contribution is 0.171. The van der Waals surface area contributed by atoms with Crippen LogP contribution in [0.5, 0.6) is 17.2 Å². The molecule has 4 nitrogen and oxygen atoms in total. The molecule has 1 aromatic carbocycles. The average molecular weight is 237 g/mol. The molecule has 0 aliphatic carbocycles. The molecule has 0 saturated carbocycles. The molecular weight excluding hydrogens is 218 g/mol. The molecule has 0 fully saturated rings. The van der Waals surface area contributed by atoms with Crippen molar-refractivity contribution < 1.29 is 14.2 Å².